The van der Waals surface area contributed by atoms with Gasteiger partial charge in [-0.3, -0.25) is 4.99 Å². The molecule has 6 heteroatoms. The van der Waals surface area contributed by atoms with Crippen molar-refractivity contribution in [2.75, 3.05) is 27.3 Å². The van der Waals surface area contributed by atoms with E-state index in [4.69, 9.17) is 15.2 Å². The van der Waals surface area contributed by atoms with Crippen LogP contribution in [-0.2, 0) is 12.8 Å². The molecule has 0 spiro atoms. The highest BCUT2D eigenvalue weighted by Crippen LogP contribution is 2.27. The summed E-state index contributed by atoms with van der Waals surface area (Å²) < 4.78 is 10.6. The topological polar surface area (TPSA) is 68.9 Å². The normalized spacial score (nSPS) is 10.9. The number of nitrogens with one attached hydrogen (secondary N) is 1. The summed E-state index contributed by atoms with van der Waals surface area (Å²) in [4.78, 5) is 4.40. The van der Waals surface area contributed by atoms with E-state index in [-0.39, 0.29) is 24.0 Å². The molecule has 0 aliphatic rings. The zero-order valence-electron chi connectivity index (χ0n) is 16.5. The molecule has 0 saturated heterocycles. The lowest BCUT2D eigenvalue weighted by Crippen LogP contribution is -2.33. The van der Waals surface area contributed by atoms with E-state index >= 15 is 0 Å². The van der Waals surface area contributed by atoms with Gasteiger partial charge in [0, 0.05) is 13.1 Å². The van der Waals surface area contributed by atoms with Gasteiger partial charge in [0.1, 0.15) is 0 Å². The molecule has 0 amide bonds. The maximum Gasteiger partial charge on any atom is 0.188 e. The van der Waals surface area contributed by atoms with Gasteiger partial charge in [0.25, 0.3) is 0 Å². The number of halogens is 1. The molecule has 3 N–H and O–H groups in total. The number of aryl methyl sites for hydroxylation is 2. The molecule has 0 radical (unpaired) electrons. The number of guanidine groups is 1. The molecular weight excluding hydrogens is 453 g/mol. The molecule has 0 bridgehead atoms. The van der Waals surface area contributed by atoms with Crippen molar-refractivity contribution in [3.63, 3.8) is 0 Å². The molecule has 27 heavy (non-hydrogen) atoms. The van der Waals surface area contributed by atoms with E-state index in [9.17, 15) is 0 Å². The fraction of sp³-hybridized carbons (Fsp3) is 0.381. The van der Waals surface area contributed by atoms with Crippen LogP contribution in [0.3, 0.4) is 0 Å². The van der Waals surface area contributed by atoms with Crippen LogP contribution in [0.25, 0.3) is 0 Å². The quantitative estimate of drug-likeness (QED) is 0.342. The monoisotopic (exact) mass is 483 g/mol. The van der Waals surface area contributed by atoms with E-state index in [1.54, 1.807) is 14.2 Å². The lowest BCUT2D eigenvalue weighted by atomic mass is 10.1. The second kappa shape index (κ2) is 11.7. The number of nitrogens with zero attached hydrogens (tertiary/aromatic N) is 1. The molecule has 0 aliphatic heterocycles. The Labute approximate surface area is 179 Å². The van der Waals surface area contributed by atoms with Crippen LogP contribution in [0.1, 0.15) is 22.3 Å². The zero-order chi connectivity index (χ0) is 18.9. The number of hydrogen-bond acceptors (Lipinski definition) is 3. The van der Waals surface area contributed by atoms with Crippen molar-refractivity contribution in [1.82, 2.24) is 5.32 Å². The van der Waals surface area contributed by atoms with Crippen LogP contribution < -0.4 is 20.5 Å². The fourth-order valence-corrected chi connectivity index (χ4v) is 2.95. The van der Waals surface area contributed by atoms with Gasteiger partial charge in [0.15, 0.2) is 17.5 Å². The standard InChI is InChI=1S/C21H29N3O2.HI/c1-15-11-16(2)13-18(12-15)8-10-24-21(22)23-9-7-17-5-6-19(25-3)20(14-17)26-4;/h5-6,11-14H,7-10H2,1-4H3,(H3,22,23,24);1H. The summed E-state index contributed by atoms with van der Waals surface area (Å²) in [5, 5.41) is 3.18. The second-order valence-electron chi connectivity index (χ2n) is 6.38. The third kappa shape index (κ3) is 7.66. The molecule has 2 aromatic carbocycles. The Morgan fingerprint density at radius 1 is 0.926 bits per heavy atom. The number of hydrogen-bond donors (Lipinski definition) is 2. The Balaban J connectivity index is 0.00000364. The van der Waals surface area contributed by atoms with Gasteiger partial charge in [-0.1, -0.05) is 35.4 Å². The number of benzene rings is 2. The van der Waals surface area contributed by atoms with Gasteiger partial charge in [0.05, 0.1) is 14.2 Å². The summed E-state index contributed by atoms with van der Waals surface area (Å²) in [7, 11) is 3.27. The molecule has 0 aliphatic carbocycles. The van der Waals surface area contributed by atoms with Gasteiger partial charge in [-0.25, -0.2) is 0 Å². The summed E-state index contributed by atoms with van der Waals surface area (Å²) in [5.74, 6) is 1.94. The smallest absolute Gasteiger partial charge is 0.188 e. The largest absolute Gasteiger partial charge is 0.493 e. The van der Waals surface area contributed by atoms with Gasteiger partial charge in [-0.2, -0.15) is 0 Å². The minimum absolute atomic E-state index is 0. The average Bonchev–Trinajstić information content (AvgIpc) is 2.60. The maximum atomic E-state index is 5.96. The average molecular weight is 483 g/mol. The molecular formula is C21H30IN3O2. The molecule has 0 saturated carbocycles. The lowest BCUT2D eigenvalue weighted by molar-refractivity contribution is 0.354. The van der Waals surface area contributed by atoms with Crippen LogP contribution in [0.5, 0.6) is 11.5 Å². The predicted molar refractivity (Wildman–Crippen MR) is 123 cm³/mol. The highest BCUT2D eigenvalue weighted by molar-refractivity contribution is 14.0. The van der Waals surface area contributed by atoms with Crippen molar-refractivity contribution < 1.29 is 9.47 Å². The fourth-order valence-electron chi connectivity index (χ4n) is 2.95. The minimum atomic E-state index is 0. The number of ether oxygens (including phenoxy) is 2. The third-order valence-electron chi connectivity index (χ3n) is 4.13. The van der Waals surface area contributed by atoms with Crippen LogP contribution >= 0.6 is 24.0 Å². The second-order valence-corrected chi connectivity index (χ2v) is 6.38. The van der Waals surface area contributed by atoms with E-state index in [0.29, 0.717) is 12.5 Å². The van der Waals surface area contributed by atoms with Crippen molar-refractivity contribution in [2.24, 2.45) is 10.7 Å². The van der Waals surface area contributed by atoms with Gasteiger partial charge in [-0.15, -0.1) is 24.0 Å². The highest BCUT2D eigenvalue weighted by atomic mass is 127. The molecule has 2 rings (SSSR count). The van der Waals surface area contributed by atoms with Gasteiger partial charge >= 0.3 is 0 Å². The van der Waals surface area contributed by atoms with Crippen LogP contribution in [0.4, 0.5) is 0 Å². The Morgan fingerprint density at radius 2 is 1.59 bits per heavy atom. The number of rotatable bonds is 8. The third-order valence-corrected chi connectivity index (χ3v) is 4.13. The Morgan fingerprint density at radius 3 is 2.22 bits per heavy atom. The number of aliphatic imine (C=N–C) groups is 1. The Hall–Kier alpha value is -1.96. The maximum absolute atomic E-state index is 5.96. The Kier molecular flexibility index (Phi) is 9.99. The van der Waals surface area contributed by atoms with Gasteiger partial charge in [-0.05, 0) is 49.9 Å². The molecule has 0 fully saturated rings. The Bertz CT molecular complexity index is 743. The molecule has 0 atom stereocenters. The summed E-state index contributed by atoms with van der Waals surface area (Å²) >= 11 is 0. The first-order valence-corrected chi connectivity index (χ1v) is 8.83. The first-order chi connectivity index (χ1) is 12.5. The van der Waals surface area contributed by atoms with E-state index < -0.39 is 0 Å². The molecule has 148 valence electrons. The molecule has 0 unspecified atom stereocenters. The van der Waals surface area contributed by atoms with Crippen LogP contribution in [-0.4, -0.2) is 33.3 Å². The van der Waals surface area contributed by atoms with E-state index in [1.807, 2.05) is 18.2 Å². The van der Waals surface area contributed by atoms with Crippen molar-refractivity contribution >= 4 is 29.9 Å². The first-order valence-electron chi connectivity index (χ1n) is 8.83. The summed E-state index contributed by atoms with van der Waals surface area (Å²) in [6.07, 6.45) is 1.72. The minimum Gasteiger partial charge on any atom is -0.493 e. The van der Waals surface area contributed by atoms with Crippen LogP contribution in [0, 0.1) is 13.8 Å². The van der Waals surface area contributed by atoms with Gasteiger partial charge < -0.3 is 20.5 Å². The molecule has 2 aromatic rings. The summed E-state index contributed by atoms with van der Waals surface area (Å²) in [5.41, 5.74) is 11.0. The molecule has 0 aromatic heterocycles. The number of nitrogens with two attached hydrogens (primary N) is 1. The SMILES string of the molecule is COc1ccc(CCN=C(N)NCCc2cc(C)cc(C)c2)cc1OC.I. The van der Waals surface area contributed by atoms with Crippen molar-refractivity contribution in [3.8, 4) is 11.5 Å². The zero-order valence-corrected chi connectivity index (χ0v) is 18.9. The first kappa shape index (κ1) is 23.1. The van der Waals surface area contributed by atoms with Crippen LogP contribution in [0.2, 0.25) is 0 Å². The number of methoxy groups -OCH3 is 2. The van der Waals surface area contributed by atoms with E-state index in [2.05, 4.69) is 42.4 Å². The van der Waals surface area contributed by atoms with Crippen LogP contribution in [0.15, 0.2) is 41.4 Å². The van der Waals surface area contributed by atoms with Crippen molar-refractivity contribution in [2.45, 2.75) is 26.7 Å². The molecule has 0 heterocycles. The van der Waals surface area contributed by atoms with Crippen molar-refractivity contribution in [1.29, 1.82) is 0 Å². The highest BCUT2D eigenvalue weighted by Gasteiger charge is 2.04. The van der Waals surface area contributed by atoms with Gasteiger partial charge in [0.2, 0.25) is 0 Å². The summed E-state index contributed by atoms with van der Waals surface area (Å²) in [6, 6.07) is 12.5. The van der Waals surface area contributed by atoms with E-state index in [0.717, 1.165) is 36.4 Å². The lowest BCUT2D eigenvalue weighted by Gasteiger charge is -2.09. The van der Waals surface area contributed by atoms with E-state index in [1.165, 1.54) is 16.7 Å². The molecule has 5 nitrogen and oxygen atoms in total. The van der Waals surface area contributed by atoms with Crippen molar-refractivity contribution in [3.05, 3.63) is 58.7 Å². The predicted octanol–water partition coefficient (Wildman–Crippen LogP) is 3.63. The summed E-state index contributed by atoms with van der Waals surface area (Å²) in [6.45, 7) is 5.63.